The summed E-state index contributed by atoms with van der Waals surface area (Å²) in [6.45, 7) is 4.87. The predicted molar refractivity (Wildman–Crippen MR) is 78.4 cm³/mol. The smallest absolute Gasteiger partial charge is 0.293 e. The normalized spacial score (nSPS) is 23.1. The minimum absolute atomic E-state index is 0.0389. The number of nitrogens with zero attached hydrogens (tertiary/aromatic N) is 2. The Labute approximate surface area is 123 Å². The maximum atomic E-state index is 11.5. The third-order valence-electron chi connectivity index (χ3n) is 3.33. The summed E-state index contributed by atoms with van der Waals surface area (Å²) in [6, 6.07) is 4.03. The second-order valence-corrected chi connectivity index (χ2v) is 7.36. The summed E-state index contributed by atoms with van der Waals surface area (Å²) in [5.74, 6) is 0. The Kier molecular flexibility index (Phi) is 4.20. The van der Waals surface area contributed by atoms with Crippen LogP contribution in [0.15, 0.2) is 23.1 Å². The molecule has 1 saturated heterocycles. The average molecular weight is 314 g/mol. The van der Waals surface area contributed by atoms with Crippen LogP contribution in [0.1, 0.15) is 13.8 Å². The van der Waals surface area contributed by atoms with Gasteiger partial charge < -0.3 is 9.64 Å². The Morgan fingerprint density at radius 1 is 1.29 bits per heavy atom. The Bertz CT molecular complexity index is 649. The number of benzene rings is 1. The molecule has 0 aromatic heterocycles. The van der Waals surface area contributed by atoms with E-state index in [1.54, 1.807) is 0 Å². The molecule has 0 bridgehead atoms. The molecule has 0 spiro atoms. The second-order valence-electron chi connectivity index (χ2n) is 5.34. The van der Waals surface area contributed by atoms with Crippen molar-refractivity contribution in [3.8, 4) is 0 Å². The van der Waals surface area contributed by atoms with Crippen LogP contribution in [0.4, 0.5) is 11.4 Å². The van der Waals surface area contributed by atoms with Gasteiger partial charge in [-0.1, -0.05) is 0 Å². The highest BCUT2D eigenvalue weighted by Gasteiger charge is 2.28. The van der Waals surface area contributed by atoms with Crippen LogP contribution in [0.25, 0.3) is 0 Å². The van der Waals surface area contributed by atoms with Crippen LogP contribution in [0.3, 0.4) is 0 Å². The number of hydrogen-bond acceptors (Lipinski definition) is 6. The Morgan fingerprint density at radius 3 is 2.33 bits per heavy atom. The standard InChI is InChI=1S/C13H18N2O5S/c1-9-7-14(8-10(2)20-9)12-5-4-11(21(3,18)19)6-13(12)15(16)17/h4-6,9-10H,7-8H2,1-3H3. The molecule has 8 heteroatoms. The van der Waals surface area contributed by atoms with Gasteiger partial charge in [0.1, 0.15) is 5.69 Å². The van der Waals surface area contributed by atoms with E-state index in [0.29, 0.717) is 18.8 Å². The first kappa shape index (κ1) is 15.7. The van der Waals surface area contributed by atoms with E-state index in [9.17, 15) is 18.5 Å². The van der Waals surface area contributed by atoms with Gasteiger partial charge in [-0.05, 0) is 26.0 Å². The van der Waals surface area contributed by atoms with Crippen molar-refractivity contribution in [1.82, 2.24) is 0 Å². The van der Waals surface area contributed by atoms with E-state index < -0.39 is 14.8 Å². The van der Waals surface area contributed by atoms with Crippen molar-refractivity contribution in [2.45, 2.75) is 31.0 Å². The molecule has 1 fully saturated rings. The molecule has 1 aliphatic heterocycles. The van der Waals surface area contributed by atoms with Crippen LogP contribution in [0.5, 0.6) is 0 Å². The largest absolute Gasteiger partial charge is 0.372 e. The highest BCUT2D eigenvalue weighted by molar-refractivity contribution is 7.90. The molecule has 21 heavy (non-hydrogen) atoms. The molecule has 1 aliphatic rings. The van der Waals surface area contributed by atoms with Crippen LogP contribution in [-0.4, -0.2) is 44.9 Å². The van der Waals surface area contributed by atoms with Crippen LogP contribution < -0.4 is 4.90 Å². The summed E-state index contributed by atoms with van der Waals surface area (Å²) in [6.07, 6.45) is 0.954. The summed E-state index contributed by atoms with van der Waals surface area (Å²) in [5, 5.41) is 11.3. The van der Waals surface area contributed by atoms with E-state index in [4.69, 9.17) is 4.74 Å². The molecule has 7 nitrogen and oxygen atoms in total. The van der Waals surface area contributed by atoms with E-state index in [2.05, 4.69) is 0 Å². The first-order valence-electron chi connectivity index (χ1n) is 6.57. The third-order valence-corrected chi connectivity index (χ3v) is 4.44. The second kappa shape index (κ2) is 5.61. The summed E-state index contributed by atoms with van der Waals surface area (Å²) in [4.78, 5) is 12.5. The quantitative estimate of drug-likeness (QED) is 0.622. The highest BCUT2D eigenvalue weighted by Crippen LogP contribution is 2.32. The molecule has 0 amide bonds. The first-order valence-corrected chi connectivity index (χ1v) is 8.46. The molecule has 0 N–H and O–H groups in total. The molecule has 1 aromatic carbocycles. The number of nitro groups is 1. The molecule has 2 rings (SSSR count). The molecule has 1 aromatic rings. The average Bonchev–Trinajstić information content (AvgIpc) is 2.35. The lowest BCUT2D eigenvalue weighted by molar-refractivity contribution is -0.384. The Hall–Kier alpha value is -1.67. The SMILES string of the molecule is CC1CN(c2ccc(S(C)(=O)=O)cc2[N+](=O)[O-])CC(C)O1. The number of morpholine rings is 1. The lowest BCUT2D eigenvalue weighted by atomic mass is 10.2. The molecule has 2 atom stereocenters. The number of ether oxygens (including phenoxy) is 1. The minimum Gasteiger partial charge on any atom is -0.372 e. The van der Waals surface area contributed by atoms with Crippen LogP contribution >= 0.6 is 0 Å². The van der Waals surface area contributed by atoms with Crippen molar-refractivity contribution in [3.05, 3.63) is 28.3 Å². The van der Waals surface area contributed by atoms with Gasteiger partial charge in [-0.25, -0.2) is 8.42 Å². The number of nitro benzene ring substituents is 1. The maximum Gasteiger partial charge on any atom is 0.293 e. The summed E-state index contributed by atoms with van der Waals surface area (Å²) < 4.78 is 28.7. The van der Waals surface area contributed by atoms with E-state index in [1.807, 2.05) is 18.7 Å². The zero-order valence-electron chi connectivity index (χ0n) is 12.1. The zero-order valence-corrected chi connectivity index (χ0v) is 13.0. The van der Waals surface area contributed by atoms with Gasteiger partial charge in [0.25, 0.3) is 5.69 Å². The lowest BCUT2D eigenvalue weighted by Crippen LogP contribution is -2.45. The fraction of sp³-hybridized carbons (Fsp3) is 0.538. The molecule has 1 heterocycles. The Balaban J connectivity index is 2.46. The predicted octanol–water partition coefficient (Wildman–Crippen LogP) is 1.61. The molecule has 0 aliphatic carbocycles. The summed E-state index contributed by atoms with van der Waals surface area (Å²) in [7, 11) is -3.48. The molecule has 0 saturated carbocycles. The van der Waals surface area contributed by atoms with E-state index in [0.717, 1.165) is 12.3 Å². The van der Waals surface area contributed by atoms with Gasteiger partial charge in [0.15, 0.2) is 9.84 Å². The van der Waals surface area contributed by atoms with E-state index in [1.165, 1.54) is 12.1 Å². The van der Waals surface area contributed by atoms with Crippen molar-refractivity contribution in [1.29, 1.82) is 0 Å². The van der Waals surface area contributed by atoms with E-state index >= 15 is 0 Å². The summed E-state index contributed by atoms with van der Waals surface area (Å²) in [5.41, 5.74) is 0.230. The van der Waals surface area contributed by atoms with Gasteiger partial charge in [0.2, 0.25) is 0 Å². The number of rotatable bonds is 3. The molecule has 0 radical (unpaired) electrons. The molecule has 2 unspecified atom stereocenters. The van der Waals surface area contributed by atoms with Crippen LogP contribution in [0.2, 0.25) is 0 Å². The molecular weight excluding hydrogens is 296 g/mol. The van der Waals surface area contributed by atoms with E-state index in [-0.39, 0.29) is 22.8 Å². The maximum absolute atomic E-state index is 11.5. The molecular formula is C13H18N2O5S. The van der Waals surface area contributed by atoms with Crippen molar-refractivity contribution in [2.24, 2.45) is 0 Å². The van der Waals surface area contributed by atoms with Crippen molar-refractivity contribution in [3.63, 3.8) is 0 Å². The van der Waals surface area contributed by atoms with Gasteiger partial charge in [0, 0.05) is 25.4 Å². The van der Waals surface area contributed by atoms with Gasteiger partial charge in [-0.3, -0.25) is 10.1 Å². The van der Waals surface area contributed by atoms with Crippen molar-refractivity contribution in [2.75, 3.05) is 24.2 Å². The van der Waals surface area contributed by atoms with Gasteiger partial charge in [-0.2, -0.15) is 0 Å². The third kappa shape index (κ3) is 3.51. The lowest BCUT2D eigenvalue weighted by Gasteiger charge is -2.36. The fourth-order valence-electron chi connectivity index (χ4n) is 2.52. The zero-order chi connectivity index (χ0) is 15.8. The van der Waals surface area contributed by atoms with Crippen LogP contribution in [0, 0.1) is 10.1 Å². The Morgan fingerprint density at radius 2 is 1.86 bits per heavy atom. The van der Waals surface area contributed by atoms with Crippen LogP contribution in [-0.2, 0) is 14.6 Å². The van der Waals surface area contributed by atoms with Crippen molar-refractivity contribution >= 4 is 21.2 Å². The van der Waals surface area contributed by atoms with Gasteiger partial charge in [-0.15, -0.1) is 0 Å². The monoisotopic (exact) mass is 314 g/mol. The van der Waals surface area contributed by atoms with Gasteiger partial charge >= 0.3 is 0 Å². The fourth-order valence-corrected chi connectivity index (χ4v) is 3.16. The topological polar surface area (TPSA) is 89.8 Å². The molecule has 116 valence electrons. The minimum atomic E-state index is -3.48. The van der Waals surface area contributed by atoms with Crippen molar-refractivity contribution < 1.29 is 18.1 Å². The van der Waals surface area contributed by atoms with Gasteiger partial charge in [0.05, 0.1) is 22.0 Å². The number of sulfone groups is 1. The first-order chi connectivity index (χ1) is 9.68. The summed E-state index contributed by atoms with van der Waals surface area (Å²) >= 11 is 0. The highest BCUT2D eigenvalue weighted by atomic mass is 32.2. The number of anilines is 1. The number of hydrogen-bond donors (Lipinski definition) is 0.